The second kappa shape index (κ2) is 5.58. The Labute approximate surface area is 122 Å². The van der Waals surface area contributed by atoms with Gasteiger partial charge in [-0.3, -0.25) is 0 Å². The minimum atomic E-state index is -0.0884. The van der Waals surface area contributed by atoms with Gasteiger partial charge in [-0.15, -0.1) is 11.6 Å². The van der Waals surface area contributed by atoms with E-state index in [-0.39, 0.29) is 10.8 Å². The van der Waals surface area contributed by atoms with Gasteiger partial charge in [0.2, 0.25) is 0 Å². The molecule has 0 bridgehead atoms. The van der Waals surface area contributed by atoms with E-state index >= 15 is 0 Å². The zero-order chi connectivity index (χ0) is 14.8. The van der Waals surface area contributed by atoms with Gasteiger partial charge in [0.1, 0.15) is 5.75 Å². The minimum absolute atomic E-state index is 0.0884. The Morgan fingerprint density at radius 3 is 1.74 bits per heavy atom. The van der Waals surface area contributed by atoms with Crippen LogP contribution < -0.4 is 0 Å². The van der Waals surface area contributed by atoms with Crippen molar-refractivity contribution in [2.45, 2.75) is 52.4 Å². The fourth-order valence-electron chi connectivity index (χ4n) is 2.08. The predicted octanol–water partition coefficient (Wildman–Crippen LogP) is 5.24. The third-order valence-electron chi connectivity index (χ3n) is 3.15. The van der Waals surface area contributed by atoms with Crippen molar-refractivity contribution in [2.24, 2.45) is 0 Å². The van der Waals surface area contributed by atoms with Crippen molar-refractivity contribution in [1.29, 1.82) is 0 Å². The molecule has 0 radical (unpaired) electrons. The number of benzene rings is 1. The fourth-order valence-corrected chi connectivity index (χ4v) is 2.17. The highest BCUT2D eigenvalue weighted by Gasteiger charge is 2.25. The van der Waals surface area contributed by atoms with Gasteiger partial charge in [0.05, 0.1) is 0 Å². The molecule has 0 fully saturated rings. The van der Waals surface area contributed by atoms with E-state index in [0.717, 1.165) is 16.7 Å². The maximum atomic E-state index is 10.6. The molecule has 0 aliphatic carbocycles. The molecule has 0 amide bonds. The summed E-state index contributed by atoms with van der Waals surface area (Å²) < 4.78 is 0. The molecule has 0 aromatic heterocycles. The summed E-state index contributed by atoms with van der Waals surface area (Å²) in [6, 6.07) is 4.10. The summed E-state index contributed by atoms with van der Waals surface area (Å²) in [5.74, 6) is 0.916. The van der Waals surface area contributed by atoms with Gasteiger partial charge in [0, 0.05) is 17.0 Å². The van der Waals surface area contributed by atoms with Crippen LogP contribution in [0.3, 0.4) is 0 Å². The summed E-state index contributed by atoms with van der Waals surface area (Å²) in [4.78, 5) is 0. The summed E-state index contributed by atoms with van der Waals surface area (Å²) in [5.41, 5.74) is 2.88. The number of alkyl halides is 1. The van der Waals surface area contributed by atoms with Crippen molar-refractivity contribution in [3.8, 4) is 5.75 Å². The standard InChI is InChI=1S/C17H25ClO/c1-16(2,3)13-10-12(8-7-9-18)11-14(15(13)19)17(4,5)6/h7-8,10-11,19H,9H2,1-6H3. The third kappa shape index (κ3) is 4.01. The molecule has 0 unspecified atom stereocenters. The van der Waals surface area contributed by atoms with Gasteiger partial charge < -0.3 is 5.11 Å². The molecule has 0 aliphatic heterocycles. The highest BCUT2D eigenvalue weighted by molar-refractivity contribution is 6.19. The number of allylic oxidation sites excluding steroid dienone is 1. The van der Waals surface area contributed by atoms with E-state index < -0.39 is 0 Å². The first kappa shape index (κ1) is 16.1. The Morgan fingerprint density at radius 1 is 1.00 bits per heavy atom. The van der Waals surface area contributed by atoms with E-state index in [1.807, 2.05) is 24.3 Å². The molecule has 1 rings (SSSR count). The Kier molecular flexibility index (Phi) is 4.73. The Bertz CT molecular complexity index is 438. The van der Waals surface area contributed by atoms with Crippen LogP contribution in [0.1, 0.15) is 58.2 Å². The topological polar surface area (TPSA) is 20.2 Å². The van der Waals surface area contributed by atoms with Gasteiger partial charge >= 0.3 is 0 Å². The molecular weight excluding hydrogens is 256 g/mol. The molecule has 19 heavy (non-hydrogen) atoms. The number of phenolic OH excluding ortho intramolecular Hbond substituents is 1. The molecule has 0 spiro atoms. The molecule has 0 heterocycles. The largest absolute Gasteiger partial charge is 0.507 e. The number of phenols is 1. The second-order valence-electron chi connectivity index (χ2n) is 7.02. The molecule has 2 heteroatoms. The van der Waals surface area contributed by atoms with E-state index in [1.165, 1.54) is 0 Å². The summed E-state index contributed by atoms with van der Waals surface area (Å²) in [5, 5.41) is 10.6. The molecular formula is C17H25ClO. The highest BCUT2D eigenvalue weighted by Crippen LogP contribution is 2.39. The van der Waals surface area contributed by atoms with Gasteiger partial charge in [-0.05, 0) is 28.5 Å². The van der Waals surface area contributed by atoms with Crippen LogP contribution in [0.15, 0.2) is 18.2 Å². The van der Waals surface area contributed by atoms with Gasteiger partial charge in [-0.2, -0.15) is 0 Å². The van der Waals surface area contributed by atoms with E-state index in [1.54, 1.807) is 0 Å². The zero-order valence-electron chi connectivity index (χ0n) is 12.8. The lowest BCUT2D eigenvalue weighted by atomic mass is 9.78. The summed E-state index contributed by atoms with van der Waals surface area (Å²) in [6.45, 7) is 12.7. The van der Waals surface area contributed by atoms with Crippen LogP contribution in [0, 0.1) is 0 Å². The lowest BCUT2D eigenvalue weighted by Gasteiger charge is -2.27. The first-order valence-corrected chi connectivity index (χ1v) is 7.21. The van der Waals surface area contributed by atoms with Crippen LogP contribution in [0.2, 0.25) is 0 Å². The number of rotatable bonds is 2. The molecule has 1 N–H and O–H groups in total. The van der Waals surface area contributed by atoms with Crippen molar-refractivity contribution in [3.63, 3.8) is 0 Å². The van der Waals surface area contributed by atoms with Crippen molar-refractivity contribution < 1.29 is 5.11 Å². The van der Waals surface area contributed by atoms with Crippen molar-refractivity contribution in [2.75, 3.05) is 5.88 Å². The molecule has 106 valence electrons. The maximum Gasteiger partial charge on any atom is 0.123 e. The molecule has 1 nitrogen and oxygen atoms in total. The van der Waals surface area contributed by atoms with E-state index in [4.69, 9.17) is 11.6 Å². The van der Waals surface area contributed by atoms with Crippen LogP contribution >= 0.6 is 11.6 Å². The Balaban J connectivity index is 3.52. The number of hydrogen-bond donors (Lipinski definition) is 1. The fraction of sp³-hybridized carbons (Fsp3) is 0.529. The molecule has 0 aliphatic rings. The third-order valence-corrected chi connectivity index (χ3v) is 3.33. The zero-order valence-corrected chi connectivity index (χ0v) is 13.6. The number of aromatic hydroxyl groups is 1. The van der Waals surface area contributed by atoms with Crippen LogP contribution in [-0.4, -0.2) is 11.0 Å². The normalized spacial score (nSPS) is 13.2. The quantitative estimate of drug-likeness (QED) is 0.735. The Morgan fingerprint density at radius 2 is 1.42 bits per heavy atom. The van der Waals surface area contributed by atoms with Crippen LogP contribution in [0.4, 0.5) is 0 Å². The SMILES string of the molecule is CC(C)(C)c1cc(C=CCCl)cc(C(C)(C)C)c1O. The summed E-state index contributed by atoms with van der Waals surface area (Å²) in [6.07, 6.45) is 3.93. The monoisotopic (exact) mass is 280 g/mol. The summed E-state index contributed by atoms with van der Waals surface area (Å²) >= 11 is 5.71. The number of hydrogen-bond acceptors (Lipinski definition) is 1. The minimum Gasteiger partial charge on any atom is -0.507 e. The average molecular weight is 281 g/mol. The van der Waals surface area contributed by atoms with Crippen molar-refractivity contribution >= 4 is 17.7 Å². The van der Waals surface area contributed by atoms with Crippen molar-refractivity contribution in [3.05, 3.63) is 34.9 Å². The van der Waals surface area contributed by atoms with Gasteiger partial charge in [-0.1, -0.05) is 53.7 Å². The smallest absolute Gasteiger partial charge is 0.123 e. The van der Waals surface area contributed by atoms with Crippen LogP contribution in [0.25, 0.3) is 6.08 Å². The van der Waals surface area contributed by atoms with Crippen molar-refractivity contribution in [1.82, 2.24) is 0 Å². The lowest BCUT2D eigenvalue weighted by Crippen LogP contribution is -2.17. The molecule has 0 saturated carbocycles. The highest BCUT2D eigenvalue weighted by atomic mass is 35.5. The molecule has 0 atom stereocenters. The van der Waals surface area contributed by atoms with E-state index in [0.29, 0.717) is 11.6 Å². The summed E-state index contributed by atoms with van der Waals surface area (Å²) in [7, 11) is 0. The van der Waals surface area contributed by atoms with Gasteiger partial charge in [-0.25, -0.2) is 0 Å². The second-order valence-corrected chi connectivity index (χ2v) is 7.33. The van der Waals surface area contributed by atoms with E-state index in [2.05, 4.69) is 41.5 Å². The number of halogens is 1. The maximum absolute atomic E-state index is 10.6. The Hall–Kier alpha value is -0.950. The average Bonchev–Trinajstić information content (AvgIpc) is 2.24. The molecule has 1 aromatic carbocycles. The first-order chi connectivity index (χ1) is 8.57. The van der Waals surface area contributed by atoms with Crippen LogP contribution in [0.5, 0.6) is 5.75 Å². The first-order valence-electron chi connectivity index (χ1n) is 6.68. The molecule has 1 aromatic rings. The predicted molar refractivity (Wildman–Crippen MR) is 85.3 cm³/mol. The van der Waals surface area contributed by atoms with Gasteiger partial charge in [0.15, 0.2) is 0 Å². The molecule has 0 saturated heterocycles. The van der Waals surface area contributed by atoms with Gasteiger partial charge in [0.25, 0.3) is 0 Å². The lowest BCUT2D eigenvalue weighted by molar-refractivity contribution is 0.423. The van der Waals surface area contributed by atoms with Crippen LogP contribution in [-0.2, 0) is 10.8 Å². The van der Waals surface area contributed by atoms with E-state index in [9.17, 15) is 5.11 Å².